The van der Waals surface area contributed by atoms with Gasteiger partial charge in [-0.05, 0) is 43.3 Å². The van der Waals surface area contributed by atoms with Gasteiger partial charge in [0.05, 0.1) is 0 Å². The van der Waals surface area contributed by atoms with E-state index in [1.807, 2.05) is 0 Å². The molecule has 0 aliphatic rings. The molecule has 0 aliphatic carbocycles. The first-order valence-corrected chi connectivity index (χ1v) is 6.45. The second-order valence-electron chi connectivity index (χ2n) is 4.51. The van der Waals surface area contributed by atoms with Crippen LogP contribution in [-0.4, -0.2) is 18.3 Å². The average molecular weight is 305 g/mol. The molecule has 22 heavy (non-hydrogen) atoms. The van der Waals surface area contributed by atoms with Crippen molar-refractivity contribution in [1.82, 2.24) is 0 Å². The first-order valence-electron chi connectivity index (χ1n) is 6.45. The van der Waals surface area contributed by atoms with Crippen LogP contribution in [0.5, 0.6) is 5.75 Å². The summed E-state index contributed by atoms with van der Waals surface area (Å²) in [5.74, 6) is -2.13. The van der Waals surface area contributed by atoms with E-state index in [0.717, 1.165) is 12.1 Å². The molecule has 2 aromatic carbocycles. The molecule has 0 heterocycles. The number of anilines is 1. The molecule has 4 nitrogen and oxygen atoms in total. The summed E-state index contributed by atoms with van der Waals surface area (Å²) in [6.07, 6.45) is 0. The Bertz CT molecular complexity index is 679. The maximum atomic E-state index is 13.4. The van der Waals surface area contributed by atoms with E-state index in [2.05, 4.69) is 5.32 Å². The SMILES string of the molecule is CC(=O)c1ccc(OCC(=O)Nc2c(F)cccc2F)cc1. The molecule has 0 unspecified atom stereocenters. The fraction of sp³-hybridized carbons (Fsp3) is 0.125. The predicted molar refractivity (Wildman–Crippen MR) is 76.9 cm³/mol. The highest BCUT2D eigenvalue weighted by molar-refractivity contribution is 5.94. The van der Waals surface area contributed by atoms with E-state index in [1.54, 1.807) is 12.1 Å². The minimum atomic E-state index is -0.862. The second-order valence-corrected chi connectivity index (χ2v) is 4.51. The van der Waals surface area contributed by atoms with Crippen LogP contribution in [-0.2, 0) is 4.79 Å². The van der Waals surface area contributed by atoms with Crippen molar-refractivity contribution in [3.63, 3.8) is 0 Å². The van der Waals surface area contributed by atoms with Gasteiger partial charge in [0.1, 0.15) is 23.1 Å². The molecule has 0 fully saturated rings. The maximum Gasteiger partial charge on any atom is 0.262 e. The molecule has 0 aromatic heterocycles. The van der Waals surface area contributed by atoms with Gasteiger partial charge < -0.3 is 10.1 Å². The molecule has 0 atom stereocenters. The average Bonchev–Trinajstić information content (AvgIpc) is 2.49. The third kappa shape index (κ3) is 3.88. The van der Waals surface area contributed by atoms with Crippen molar-refractivity contribution in [2.45, 2.75) is 6.92 Å². The lowest BCUT2D eigenvalue weighted by molar-refractivity contribution is -0.118. The number of carbonyl (C=O) groups excluding carboxylic acids is 2. The van der Waals surface area contributed by atoms with E-state index in [9.17, 15) is 18.4 Å². The Labute approximate surface area is 125 Å². The van der Waals surface area contributed by atoms with E-state index in [-0.39, 0.29) is 5.78 Å². The van der Waals surface area contributed by atoms with E-state index >= 15 is 0 Å². The maximum absolute atomic E-state index is 13.4. The van der Waals surface area contributed by atoms with Crippen molar-refractivity contribution in [2.24, 2.45) is 0 Å². The predicted octanol–water partition coefficient (Wildman–Crippen LogP) is 3.18. The monoisotopic (exact) mass is 305 g/mol. The zero-order valence-electron chi connectivity index (χ0n) is 11.7. The molecule has 0 saturated heterocycles. The molecular formula is C16H13F2NO3. The normalized spacial score (nSPS) is 10.1. The number of amides is 1. The van der Waals surface area contributed by atoms with Gasteiger partial charge in [-0.2, -0.15) is 0 Å². The van der Waals surface area contributed by atoms with E-state index in [1.165, 1.54) is 25.1 Å². The fourth-order valence-corrected chi connectivity index (χ4v) is 1.73. The van der Waals surface area contributed by atoms with Gasteiger partial charge in [0.25, 0.3) is 5.91 Å². The van der Waals surface area contributed by atoms with E-state index in [0.29, 0.717) is 11.3 Å². The zero-order valence-corrected chi connectivity index (χ0v) is 11.7. The molecule has 0 radical (unpaired) electrons. The van der Waals surface area contributed by atoms with Gasteiger partial charge in [0.15, 0.2) is 12.4 Å². The summed E-state index contributed by atoms with van der Waals surface area (Å²) in [5, 5.41) is 2.11. The summed E-state index contributed by atoms with van der Waals surface area (Å²) in [4.78, 5) is 22.8. The Kier molecular flexibility index (Phi) is 4.83. The van der Waals surface area contributed by atoms with E-state index in [4.69, 9.17) is 4.74 Å². The molecule has 114 valence electrons. The highest BCUT2D eigenvalue weighted by Crippen LogP contribution is 2.18. The van der Waals surface area contributed by atoms with Gasteiger partial charge in [0.2, 0.25) is 0 Å². The number of carbonyl (C=O) groups is 2. The Morgan fingerprint density at radius 1 is 1.05 bits per heavy atom. The Morgan fingerprint density at radius 2 is 1.64 bits per heavy atom. The number of nitrogens with one attached hydrogen (secondary N) is 1. The number of rotatable bonds is 5. The van der Waals surface area contributed by atoms with Crippen molar-refractivity contribution in [1.29, 1.82) is 0 Å². The molecule has 1 N–H and O–H groups in total. The van der Waals surface area contributed by atoms with Crippen LogP contribution in [0.1, 0.15) is 17.3 Å². The summed E-state index contributed by atoms with van der Waals surface area (Å²) >= 11 is 0. The minimum Gasteiger partial charge on any atom is -0.484 e. The van der Waals surface area contributed by atoms with Gasteiger partial charge in [-0.15, -0.1) is 0 Å². The van der Waals surface area contributed by atoms with Crippen LogP contribution in [0.4, 0.5) is 14.5 Å². The lowest BCUT2D eigenvalue weighted by Gasteiger charge is -2.09. The fourth-order valence-electron chi connectivity index (χ4n) is 1.73. The van der Waals surface area contributed by atoms with Gasteiger partial charge >= 0.3 is 0 Å². The van der Waals surface area contributed by atoms with Crippen LogP contribution in [0.25, 0.3) is 0 Å². The molecule has 0 bridgehead atoms. The number of Topliss-reactive ketones (excluding diaryl/α,β-unsaturated/α-hetero) is 1. The van der Waals surface area contributed by atoms with Crippen molar-refractivity contribution in [3.05, 3.63) is 59.7 Å². The first-order chi connectivity index (χ1) is 10.5. The van der Waals surface area contributed by atoms with E-state index < -0.39 is 29.8 Å². The molecule has 0 saturated carbocycles. The third-order valence-electron chi connectivity index (χ3n) is 2.86. The number of ketones is 1. The zero-order chi connectivity index (χ0) is 16.1. The van der Waals surface area contributed by atoms with Crippen LogP contribution >= 0.6 is 0 Å². The third-order valence-corrected chi connectivity index (χ3v) is 2.86. The number of benzene rings is 2. The highest BCUT2D eigenvalue weighted by Gasteiger charge is 2.12. The van der Waals surface area contributed by atoms with Crippen LogP contribution in [0.15, 0.2) is 42.5 Å². The molecule has 2 aromatic rings. The highest BCUT2D eigenvalue weighted by atomic mass is 19.1. The van der Waals surface area contributed by atoms with Crippen LogP contribution in [0, 0.1) is 11.6 Å². The summed E-state index contributed by atoms with van der Waals surface area (Å²) in [7, 11) is 0. The second kappa shape index (κ2) is 6.80. The topological polar surface area (TPSA) is 55.4 Å². The van der Waals surface area contributed by atoms with Gasteiger partial charge in [-0.1, -0.05) is 6.07 Å². The molecule has 0 aliphatic heterocycles. The molecule has 6 heteroatoms. The van der Waals surface area contributed by atoms with Crippen molar-refractivity contribution < 1.29 is 23.1 Å². The smallest absolute Gasteiger partial charge is 0.262 e. The summed E-state index contributed by atoms with van der Waals surface area (Å²) in [6, 6.07) is 9.48. The molecule has 1 amide bonds. The van der Waals surface area contributed by atoms with Gasteiger partial charge in [-0.25, -0.2) is 8.78 Å². The molecule has 0 spiro atoms. The number of hydrogen-bond donors (Lipinski definition) is 1. The lowest BCUT2D eigenvalue weighted by atomic mass is 10.1. The minimum absolute atomic E-state index is 0.0840. The molecular weight excluding hydrogens is 292 g/mol. The Morgan fingerprint density at radius 3 is 2.18 bits per heavy atom. The first kappa shape index (κ1) is 15.6. The number of ether oxygens (including phenoxy) is 1. The van der Waals surface area contributed by atoms with Crippen molar-refractivity contribution >= 4 is 17.4 Å². The van der Waals surface area contributed by atoms with Gasteiger partial charge in [0, 0.05) is 5.56 Å². The molecule has 2 rings (SSSR count). The van der Waals surface area contributed by atoms with Crippen molar-refractivity contribution in [2.75, 3.05) is 11.9 Å². The quantitative estimate of drug-likeness (QED) is 0.863. The van der Waals surface area contributed by atoms with Crippen LogP contribution in [0.3, 0.4) is 0 Å². The summed E-state index contributed by atoms with van der Waals surface area (Å²) in [6.45, 7) is 1.03. The summed E-state index contributed by atoms with van der Waals surface area (Å²) < 4.78 is 31.9. The summed E-state index contributed by atoms with van der Waals surface area (Å²) in [5.41, 5.74) is 0.00765. The Hall–Kier alpha value is -2.76. The largest absolute Gasteiger partial charge is 0.484 e. The number of hydrogen-bond acceptors (Lipinski definition) is 3. The lowest BCUT2D eigenvalue weighted by Crippen LogP contribution is -2.21. The standard InChI is InChI=1S/C16H13F2NO3/c1-10(20)11-5-7-12(8-6-11)22-9-15(21)19-16-13(17)3-2-4-14(16)18/h2-8H,9H2,1H3,(H,19,21). The van der Waals surface area contributed by atoms with Crippen molar-refractivity contribution in [3.8, 4) is 5.75 Å². The van der Waals surface area contributed by atoms with Crippen LogP contribution < -0.4 is 10.1 Å². The van der Waals surface area contributed by atoms with Crippen LogP contribution in [0.2, 0.25) is 0 Å². The number of halogens is 2. The Balaban J connectivity index is 1.94. The van der Waals surface area contributed by atoms with Gasteiger partial charge in [-0.3, -0.25) is 9.59 Å². The number of para-hydroxylation sites is 1.